The summed E-state index contributed by atoms with van der Waals surface area (Å²) in [6.07, 6.45) is 5.10. The van der Waals surface area contributed by atoms with E-state index in [2.05, 4.69) is 15.3 Å². The van der Waals surface area contributed by atoms with Crippen LogP contribution in [-0.4, -0.2) is 21.4 Å². The summed E-state index contributed by atoms with van der Waals surface area (Å²) in [5.74, 6) is 1.71. The highest BCUT2D eigenvalue weighted by molar-refractivity contribution is 7.79. The number of aryl methyl sites for hydroxylation is 2. The van der Waals surface area contributed by atoms with Gasteiger partial charge in [-0.1, -0.05) is 25.1 Å². The van der Waals surface area contributed by atoms with Crippen LogP contribution in [0.25, 0.3) is 0 Å². The molecule has 1 aromatic rings. The fraction of sp³-hybridized carbons (Fsp3) is 0.583. The zero-order valence-corrected chi connectivity index (χ0v) is 10.6. The SMILES string of the molecule is Cc1nc(C)c(C=S)c(NC2CCCC2)n1. The summed E-state index contributed by atoms with van der Waals surface area (Å²) < 4.78 is 0. The Kier molecular flexibility index (Phi) is 3.49. The van der Waals surface area contributed by atoms with Gasteiger partial charge in [0, 0.05) is 17.0 Å². The van der Waals surface area contributed by atoms with Crippen molar-refractivity contribution in [2.45, 2.75) is 45.6 Å². The number of rotatable bonds is 3. The monoisotopic (exact) mass is 235 g/mol. The van der Waals surface area contributed by atoms with Crippen LogP contribution in [0.5, 0.6) is 0 Å². The van der Waals surface area contributed by atoms with E-state index in [4.69, 9.17) is 12.2 Å². The van der Waals surface area contributed by atoms with Crippen molar-refractivity contribution in [1.82, 2.24) is 9.97 Å². The number of nitrogens with zero attached hydrogens (tertiary/aromatic N) is 2. The zero-order chi connectivity index (χ0) is 11.5. The second kappa shape index (κ2) is 4.87. The normalized spacial score (nSPS) is 16.4. The maximum absolute atomic E-state index is 5.03. The quantitative estimate of drug-likeness (QED) is 0.818. The summed E-state index contributed by atoms with van der Waals surface area (Å²) in [6.45, 7) is 3.90. The Bertz CT molecular complexity index is 397. The Morgan fingerprint density at radius 2 is 1.94 bits per heavy atom. The Morgan fingerprint density at radius 3 is 2.56 bits per heavy atom. The van der Waals surface area contributed by atoms with Crippen molar-refractivity contribution in [3.63, 3.8) is 0 Å². The fourth-order valence-electron chi connectivity index (χ4n) is 2.24. The Labute approximate surface area is 102 Å². The predicted octanol–water partition coefficient (Wildman–Crippen LogP) is 2.80. The van der Waals surface area contributed by atoms with Crippen molar-refractivity contribution in [2.24, 2.45) is 0 Å². The van der Waals surface area contributed by atoms with Crippen molar-refractivity contribution >= 4 is 23.4 Å². The zero-order valence-electron chi connectivity index (χ0n) is 9.79. The Hall–Kier alpha value is -1.03. The number of hydrogen-bond donors (Lipinski definition) is 1. The van der Waals surface area contributed by atoms with Gasteiger partial charge in [0.2, 0.25) is 0 Å². The van der Waals surface area contributed by atoms with Crippen molar-refractivity contribution in [1.29, 1.82) is 0 Å². The summed E-state index contributed by atoms with van der Waals surface area (Å²) in [4.78, 5) is 8.78. The van der Waals surface area contributed by atoms with Crippen molar-refractivity contribution in [3.8, 4) is 0 Å². The lowest BCUT2D eigenvalue weighted by atomic mass is 10.2. The topological polar surface area (TPSA) is 37.8 Å². The first-order chi connectivity index (χ1) is 7.70. The first kappa shape index (κ1) is 11.5. The van der Waals surface area contributed by atoms with Gasteiger partial charge in [-0.3, -0.25) is 0 Å². The number of aromatic nitrogens is 2. The molecule has 4 heteroatoms. The highest BCUT2D eigenvalue weighted by atomic mass is 32.1. The first-order valence-electron chi connectivity index (χ1n) is 5.77. The summed E-state index contributed by atoms with van der Waals surface area (Å²) in [7, 11) is 0. The van der Waals surface area contributed by atoms with Crippen molar-refractivity contribution in [2.75, 3.05) is 5.32 Å². The molecule has 0 bridgehead atoms. The van der Waals surface area contributed by atoms with Crippen LogP contribution in [0.15, 0.2) is 0 Å². The molecule has 86 valence electrons. The lowest BCUT2D eigenvalue weighted by Crippen LogP contribution is -2.18. The summed E-state index contributed by atoms with van der Waals surface area (Å²) in [5.41, 5.74) is 1.93. The lowest BCUT2D eigenvalue weighted by molar-refractivity contribution is 0.747. The molecule has 1 N–H and O–H groups in total. The second-order valence-corrected chi connectivity index (χ2v) is 4.60. The minimum absolute atomic E-state index is 0.558. The van der Waals surface area contributed by atoms with E-state index in [9.17, 15) is 0 Å². The third kappa shape index (κ3) is 2.38. The maximum atomic E-state index is 5.03. The molecule has 0 unspecified atom stereocenters. The van der Waals surface area contributed by atoms with Crippen molar-refractivity contribution in [3.05, 3.63) is 17.1 Å². The lowest BCUT2D eigenvalue weighted by Gasteiger charge is -2.15. The third-order valence-corrected chi connectivity index (χ3v) is 3.30. The number of nitrogens with one attached hydrogen (secondary N) is 1. The molecule has 1 heterocycles. The van der Waals surface area contributed by atoms with Gasteiger partial charge in [-0.15, -0.1) is 0 Å². The average molecular weight is 235 g/mol. The average Bonchev–Trinajstić information content (AvgIpc) is 2.70. The molecule has 1 fully saturated rings. The van der Waals surface area contributed by atoms with Gasteiger partial charge < -0.3 is 5.32 Å². The van der Waals surface area contributed by atoms with Gasteiger partial charge in [-0.2, -0.15) is 0 Å². The molecule has 0 amide bonds. The number of hydrogen-bond acceptors (Lipinski definition) is 4. The van der Waals surface area contributed by atoms with Gasteiger partial charge in [0.15, 0.2) is 0 Å². The summed E-state index contributed by atoms with van der Waals surface area (Å²) in [6, 6.07) is 0.558. The molecule has 3 nitrogen and oxygen atoms in total. The Balaban J connectivity index is 2.26. The molecule has 16 heavy (non-hydrogen) atoms. The standard InChI is InChI=1S/C12H17N3S/c1-8-11(7-16)12(14-9(2)13-8)15-10-5-3-4-6-10/h7,10H,3-6H2,1-2H3,(H,13,14,15). The largest absolute Gasteiger partial charge is 0.367 e. The summed E-state index contributed by atoms with van der Waals surface area (Å²) >= 11 is 5.03. The fourth-order valence-corrected chi connectivity index (χ4v) is 2.52. The molecule has 0 atom stereocenters. The molecular weight excluding hydrogens is 218 g/mol. The van der Waals surface area contributed by atoms with E-state index in [1.54, 1.807) is 5.37 Å². The third-order valence-electron chi connectivity index (χ3n) is 3.06. The molecular formula is C12H17N3S. The highest BCUT2D eigenvalue weighted by Crippen LogP contribution is 2.23. The molecule has 1 aliphatic carbocycles. The molecule has 0 saturated heterocycles. The Morgan fingerprint density at radius 1 is 1.25 bits per heavy atom. The van der Waals surface area contributed by atoms with E-state index in [1.807, 2.05) is 13.8 Å². The highest BCUT2D eigenvalue weighted by Gasteiger charge is 2.17. The first-order valence-corrected chi connectivity index (χ1v) is 6.25. The second-order valence-electron chi connectivity index (χ2n) is 4.36. The molecule has 0 aromatic carbocycles. The van der Waals surface area contributed by atoms with Crippen LogP contribution in [0, 0.1) is 13.8 Å². The number of thiocarbonyl (C=S) groups is 1. The van der Waals surface area contributed by atoms with Crippen LogP contribution in [0.4, 0.5) is 5.82 Å². The van der Waals surface area contributed by atoms with E-state index in [-0.39, 0.29) is 0 Å². The van der Waals surface area contributed by atoms with E-state index in [1.165, 1.54) is 25.7 Å². The van der Waals surface area contributed by atoms with Gasteiger partial charge in [0.05, 0.1) is 5.69 Å². The molecule has 2 rings (SSSR count). The number of anilines is 1. The van der Waals surface area contributed by atoms with Crippen LogP contribution in [-0.2, 0) is 0 Å². The minimum atomic E-state index is 0.558. The van der Waals surface area contributed by atoms with E-state index in [0.717, 1.165) is 22.9 Å². The van der Waals surface area contributed by atoms with E-state index < -0.39 is 0 Å². The summed E-state index contributed by atoms with van der Waals surface area (Å²) in [5, 5.41) is 5.17. The van der Waals surface area contributed by atoms with Gasteiger partial charge in [-0.25, -0.2) is 9.97 Å². The molecule has 0 spiro atoms. The van der Waals surface area contributed by atoms with Crippen LogP contribution in [0.1, 0.15) is 42.8 Å². The van der Waals surface area contributed by atoms with Gasteiger partial charge >= 0.3 is 0 Å². The van der Waals surface area contributed by atoms with E-state index in [0.29, 0.717) is 6.04 Å². The minimum Gasteiger partial charge on any atom is -0.367 e. The van der Waals surface area contributed by atoms with Crippen LogP contribution in [0.3, 0.4) is 0 Å². The van der Waals surface area contributed by atoms with Crippen LogP contribution in [0.2, 0.25) is 0 Å². The molecule has 0 radical (unpaired) electrons. The smallest absolute Gasteiger partial charge is 0.138 e. The van der Waals surface area contributed by atoms with Crippen LogP contribution >= 0.6 is 12.2 Å². The molecule has 0 aliphatic heterocycles. The van der Waals surface area contributed by atoms with Gasteiger partial charge in [-0.05, 0) is 26.7 Å². The molecule has 1 saturated carbocycles. The van der Waals surface area contributed by atoms with Crippen LogP contribution < -0.4 is 5.32 Å². The molecule has 1 aliphatic rings. The van der Waals surface area contributed by atoms with Crippen molar-refractivity contribution < 1.29 is 0 Å². The van der Waals surface area contributed by atoms with Gasteiger partial charge in [0.25, 0.3) is 0 Å². The van der Waals surface area contributed by atoms with Gasteiger partial charge in [0.1, 0.15) is 11.6 Å². The molecule has 1 aromatic heterocycles. The van der Waals surface area contributed by atoms with E-state index >= 15 is 0 Å². The maximum Gasteiger partial charge on any atom is 0.138 e. The predicted molar refractivity (Wildman–Crippen MR) is 70.1 cm³/mol.